The Bertz CT molecular complexity index is 695. The number of primary sulfonamides is 1. The van der Waals surface area contributed by atoms with Crippen LogP contribution in [0.3, 0.4) is 0 Å². The highest BCUT2D eigenvalue weighted by atomic mass is 32.2. The third-order valence-electron chi connectivity index (χ3n) is 4.32. The highest BCUT2D eigenvalue weighted by Crippen LogP contribution is 2.24. The number of likely N-dealkylation sites (tertiary alicyclic amines) is 1. The summed E-state index contributed by atoms with van der Waals surface area (Å²) in [6.07, 6.45) is 2.84. The van der Waals surface area contributed by atoms with Crippen molar-refractivity contribution in [3.8, 4) is 5.75 Å². The van der Waals surface area contributed by atoms with Crippen molar-refractivity contribution in [3.63, 3.8) is 0 Å². The first-order valence-corrected chi connectivity index (χ1v) is 9.60. The Morgan fingerprint density at radius 3 is 2.62 bits per heavy atom. The lowest BCUT2D eigenvalue weighted by molar-refractivity contribution is 0.277. The predicted molar refractivity (Wildman–Crippen MR) is 94.5 cm³/mol. The van der Waals surface area contributed by atoms with Gasteiger partial charge in [-0.2, -0.15) is 0 Å². The Kier molecular flexibility index (Phi) is 6.06. The normalized spacial score (nSPS) is 17.1. The summed E-state index contributed by atoms with van der Waals surface area (Å²) >= 11 is 0. The topological polar surface area (TPSA) is 111 Å². The molecular formula is C16H26N4O3S. The van der Waals surface area contributed by atoms with Crippen LogP contribution in [0.2, 0.25) is 0 Å². The molecule has 1 saturated heterocycles. The maximum absolute atomic E-state index is 11.6. The molecule has 0 saturated carbocycles. The van der Waals surface area contributed by atoms with E-state index in [0.29, 0.717) is 18.9 Å². The minimum absolute atomic E-state index is 0.00975. The number of benzene rings is 1. The number of nitrogens with zero attached hydrogens (tertiary/aromatic N) is 2. The summed E-state index contributed by atoms with van der Waals surface area (Å²) in [4.78, 5) is 6.50. The maximum atomic E-state index is 11.6. The maximum Gasteiger partial charge on any atom is 0.241 e. The Morgan fingerprint density at radius 1 is 1.38 bits per heavy atom. The first-order chi connectivity index (χ1) is 11.3. The van der Waals surface area contributed by atoms with Gasteiger partial charge in [0.1, 0.15) is 10.6 Å². The molecule has 1 fully saturated rings. The van der Waals surface area contributed by atoms with E-state index in [2.05, 4.69) is 16.8 Å². The summed E-state index contributed by atoms with van der Waals surface area (Å²) in [6.45, 7) is 4.62. The van der Waals surface area contributed by atoms with Crippen molar-refractivity contribution in [1.29, 1.82) is 0 Å². The quantitative estimate of drug-likeness (QED) is 0.604. The monoisotopic (exact) mass is 354 g/mol. The van der Waals surface area contributed by atoms with Crippen LogP contribution in [0, 0.1) is 5.92 Å². The number of hydrogen-bond acceptors (Lipinski definition) is 4. The molecule has 2 rings (SSSR count). The number of nitrogens with two attached hydrogens (primary N) is 2. The highest BCUT2D eigenvalue weighted by Gasteiger charge is 2.17. The van der Waals surface area contributed by atoms with Crippen molar-refractivity contribution in [2.45, 2.75) is 31.1 Å². The lowest BCUT2D eigenvalue weighted by atomic mass is 10.00. The van der Waals surface area contributed by atoms with Crippen LogP contribution in [0.4, 0.5) is 0 Å². The van der Waals surface area contributed by atoms with Crippen LogP contribution in [-0.2, 0) is 16.4 Å². The van der Waals surface area contributed by atoms with Gasteiger partial charge in [-0.15, -0.1) is 0 Å². The zero-order valence-electron chi connectivity index (χ0n) is 14.2. The van der Waals surface area contributed by atoms with Gasteiger partial charge < -0.3 is 15.4 Å². The Hall–Kier alpha value is -1.80. The van der Waals surface area contributed by atoms with Crippen LogP contribution in [-0.4, -0.2) is 46.0 Å². The fourth-order valence-corrected chi connectivity index (χ4v) is 3.48. The molecule has 0 aromatic heterocycles. The van der Waals surface area contributed by atoms with Gasteiger partial charge in [0, 0.05) is 19.6 Å². The van der Waals surface area contributed by atoms with Crippen molar-refractivity contribution < 1.29 is 13.2 Å². The van der Waals surface area contributed by atoms with E-state index in [1.165, 1.54) is 13.2 Å². The van der Waals surface area contributed by atoms with Gasteiger partial charge >= 0.3 is 0 Å². The molecule has 8 heteroatoms. The Morgan fingerprint density at radius 2 is 2.04 bits per heavy atom. The van der Waals surface area contributed by atoms with Gasteiger partial charge in [0.2, 0.25) is 10.0 Å². The van der Waals surface area contributed by atoms with Gasteiger partial charge in [0.25, 0.3) is 0 Å². The van der Waals surface area contributed by atoms with Gasteiger partial charge in [-0.1, -0.05) is 13.0 Å². The van der Waals surface area contributed by atoms with Crippen LogP contribution >= 0.6 is 0 Å². The number of aliphatic imine (C=N–C) groups is 1. The molecule has 4 N–H and O–H groups in total. The van der Waals surface area contributed by atoms with E-state index in [-0.39, 0.29) is 10.6 Å². The van der Waals surface area contributed by atoms with E-state index in [1.54, 1.807) is 6.07 Å². The Balaban J connectivity index is 2.00. The number of sulfonamides is 1. The van der Waals surface area contributed by atoms with E-state index in [1.807, 2.05) is 6.07 Å². The van der Waals surface area contributed by atoms with Crippen LogP contribution in [0.5, 0.6) is 5.75 Å². The smallest absolute Gasteiger partial charge is 0.241 e. The third kappa shape index (κ3) is 4.85. The van der Waals surface area contributed by atoms with Crippen molar-refractivity contribution in [2.24, 2.45) is 21.8 Å². The lowest BCUT2D eigenvalue weighted by Gasteiger charge is -2.31. The van der Waals surface area contributed by atoms with E-state index >= 15 is 0 Å². The fourth-order valence-electron chi connectivity index (χ4n) is 2.74. The number of methoxy groups -OCH3 is 1. The summed E-state index contributed by atoms with van der Waals surface area (Å²) in [5.74, 6) is 1.54. The molecule has 7 nitrogen and oxygen atoms in total. The second-order valence-corrected chi connectivity index (χ2v) is 7.72. The zero-order chi connectivity index (χ0) is 17.7. The number of ether oxygens (including phenoxy) is 1. The molecule has 0 atom stereocenters. The molecule has 0 unspecified atom stereocenters. The largest absolute Gasteiger partial charge is 0.495 e. The minimum atomic E-state index is -3.83. The van der Waals surface area contributed by atoms with Crippen molar-refractivity contribution in [3.05, 3.63) is 23.8 Å². The molecule has 0 bridgehead atoms. The van der Waals surface area contributed by atoms with Crippen molar-refractivity contribution >= 4 is 16.0 Å². The summed E-state index contributed by atoms with van der Waals surface area (Å²) in [5.41, 5.74) is 6.87. The molecule has 1 aromatic carbocycles. The van der Waals surface area contributed by atoms with Crippen LogP contribution in [0.15, 0.2) is 28.1 Å². The molecule has 1 aliphatic rings. The molecular weight excluding hydrogens is 328 g/mol. The summed E-state index contributed by atoms with van der Waals surface area (Å²) in [5, 5.41) is 5.23. The number of rotatable bonds is 5. The van der Waals surface area contributed by atoms with E-state index in [0.717, 1.165) is 37.4 Å². The molecule has 0 aliphatic carbocycles. The Labute approximate surface area is 143 Å². The highest BCUT2D eigenvalue weighted by molar-refractivity contribution is 7.89. The van der Waals surface area contributed by atoms with Gasteiger partial charge in [-0.25, -0.2) is 13.6 Å². The van der Waals surface area contributed by atoms with Gasteiger partial charge in [-0.3, -0.25) is 4.99 Å². The molecule has 0 radical (unpaired) electrons. The SMILES string of the molecule is COc1ccc(CCN=C(N)N2CCC(C)CC2)cc1S(N)(=O)=O. The van der Waals surface area contributed by atoms with Gasteiger partial charge in [0.15, 0.2) is 5.96 Å². The number of hydrogen-bond donors (Lipinski definition) is 2. The van der Waals surface area contributed by atoms with Gasteiger partial charge in [-0.05, 0) is 42.9 Å². The fraction of sp³-hybridized carbons (Fsp3) is 0.562. The molecule has 134 valence electrons. The molecule has 1 heterocycles. The van der Waals surface area contributed by atoms with E-state index in [4.69, 9.17) is 15.6 Å². The summed E-state index contributed by atoms with van der Waals surface area (Å²) < 4.78 is 28.3. The van der Waals surface area contributed by atoms with E-state index in [9.17, 15) is 8.42 Å². The first kappa shape index (κ1) is 18.5. The predicted octanol–water partition coefficient (Wildman–Crippen LogP) is 0.932. The van der Waals surface area contributed by atoms with Crippen LogP contribution in [0.25, 0.3) is 0 Å². The van der Waals surface area contributed by atoms with Gasteiger partial charge in [0.05, 0.1) is 7.11 Å². The standard InChI is InChI=1S/C16H26N4O3S/c1-12-6-9-20(10-7-12)16(17)19-8-5-13-3-4-14(23-2)15(11-13)24(18,21)22/h3-4,11-12H,5-10H2,1-2H3,(H2,17,19)(H2,18,21,22). The molecule has 24 heavy (non-hydrogen) atoms. The lowest BCUT2D eigenvalue weighted by Crippen LogP contribution is -2.42. The number of guanidine groups is 1. The minimum Gasteiger partial charge on any atom is -0.495 e. The second-order valence-electron chi connectivity index (χ2n) is 6.19. The molecule has 1 aliphatic heterocycles. The van der Waals surface area contributed by atoms with Crippen LogP contribution in [0.1, 0.15) is 25.3 Å². The molecule has 1 aromatic rings. The number of piperidine rings is 1. The first-order valence-electron chi connectivity index (χ1n) is 8.06. The average Bonchev–Trinajstić information content (AvgIpc) is 2.54. The molecule has 0 spiro atoms. The van der Waals surface area contributed by atoms with E-state index < -0.39 is 10.0 Å². The van der Waals surface area contributed by atoms with Crippen molar-refractivity contribution in [1.82, 2.24) is 4.90 Å². The van der Waals surface area contributed by atoms with Crippen molar-refractivity contribution in [2.75, 3.05) is 26.7 Å². The summed E-state index contributed by atoms with van der Waals surface area (Å²) in [6, 6.07) is 4.94. The molecule has 0 amide bonds. The third-order valence-corrected chi connectivity index (χ3v) is 5.25. The van der Waals surface area contributed by atoms with Crippen LogP contribution < -0.4 is 15.6 Å². The zero-order valence-corrected chi connectivity index (χ0v) is 15.1. The summed E-state index contributed by atoms with van der Waals surface area (Å²) in [7, 11) is -2.41. The average molecular weight is 354 g/mol. The second kappa shape index (κ2) is 7.85.